The maximum Gasteiger partial charge on any atom is 0.0474 e. The molecule has 3 aliphatic rings. The van der Waals surface area contributed by atoms with Gasteiger partial charge in [-0.2, -0.15) is 0 Å². The van der Waals surface area contributed by atoms with Crippen LogP contribution in [0.2, 0.25) is 0 Å². The summed E-state index contributed by atoms with van der Waals surface area (Å²) in [5, 5.41) is 2.56. The first kappa shape index (κ1) is 23.3. The summed E-state index contributed by atoms with van der Waals surface area (Å²) in [6.45, 7) is 0. The fraction of sp³-hybridized carbons (Fsp3) is 0.176. The maximum atomic E-state index is 3.61. The summed E-state index contributed by atoms with van der Waals surface area (Å²) in [6.07, 6.45) is 5.43. The van der Waals surface area contributed by atoms with Gasteiger partial charge in [-0.1, -0.05) is 74.3 Å². The minimum atomic E-state index is 0.733. The molecule has 182 valence electrons. The van der Waals surface area contributed by atoms with E-state index in [0.29, 0.717) is 0 Å². The Kier molecular flexibility index (Phi) is 5.94. The number of nitrogens with zero attached hydrogens (tertiary/aromatic N) is 1. The fourth-order valence-corrected chi connectivity index (χ4v) is 7.00. The summed E-state index contributed by atoms with van der Waals surface area (Å²) in [7, 11) is 0. The monoisotopic (exact) mass is 607 g/mol. The van der Waals surface area contributed by atoms with Gasteiger partial charge in [-0.15, -0.1) is 0 Å². The van der Waals surface area contributed by atoms with Crippen LogP contribution in [-0.4, -0.2) is 0 Å². The molecule has 1 nitrogen and oxygen atoms in total. The largest absolute Gasteiger partial charge is 0.310 e. The molecule has 8 rings (SSSR count). The molecular formula is C34H27Br2N. The van der Waals surface area contributed by atoms with E-state index in [4.69, 9.17) is 0 Å². The topological polar surface area (TPSA) is 3.24 Å². The summed E-state index contributed by atoms with van der Waals surface area (Å²) >= 11 is 7.22. The summed E-state index contributed by atoms with van der Waals surface area (Å²) in [5.74, 6) is 1.50. The lowest BCUT2D eigenvalue weighted by Crippen LogP contribution is -2.21. The van der Waals surface area contributed by atoms with E-state index >= 15 is 0 Å². The minimum absolute atomic E-state index is 0.733. The van der Waals surface area contributed by atoms with Gasteiger partial charge in [0.25, 0.3) is 0 Å². The Bertz CT molecular complexity index is 1550. The number of rotatable bonds is 4. The molecule has 1 fully saturated rings. The van der Waals surface area contributed by atoms with Crippen LogP contribution in [-0.2, 0) is 0 Å². The van der Waals surface area contributed by atoms with Gasteiger partial charge in [-0.25, -0.2) is 0 Å². The third-order valence-electron chi connectivity index (χ3n) is 8.28. The summed E-state index contributed by atoms with van der Waals surface area (Å²) in [6, 6.07) is 38.0. The van der Waals surface area contributed by atoms with Crippen LogP contribution in [0.5, 0.6) is 0 Å². The molecular weight excluding hydrogens is 582 g/mol. The van der Waals surface area contributed by atoms with Crippen LogP contribution in [0.1, 0.15) is 48.6 Å². The lowest BCUT2D eigenvalue weighted by Gasteiger charge is -2.38. The smallest absolute Gasteiger partial charge is 0.0474 e. The van der Waals surface area contributed by atoms with Crippen LogP contribution in [0.4, 0.5) is 17.1 Å². The van der Waals surface area contributed by atoms with Crippen molar-refractivity contribution in [3.8, 4) is 11.1 Å². The molecule has 37 heavy (non-hydrogen) atoms. The molecule has 0 radical (unpaired) electrons. The molecule has 5 aromatic rings. The van der Waals surface area contributed by atoms with Gasteiger partial charge in [0.1, 0.15) is 0 Å². The second-order valence-corrected chi connectivity index (χ2v) is 12.2. The van der Waals surface area contributed by atoms with Crippen LogP contribution in [0.25, 0.3) is 21.9 Å². The van der Waals surface area contributed by atoms with E-state index < -0.39 is 0 Å². The second kappa shape index (κ2) is 9.45. The van der Waals surface area contributed by atoms with E-state index in [0.717, 1.165) is 37.8 Å². The molecule has 0 atom stereocenters. The highest BCUT2D eigenvalue weighted by atomic mass is 79.9. The van der Waals surface area contributed by atoms with Crippen LogP contribution >= 0.6 is 31.9 Å². The van der Waals surface area contributed by atoms with Gasteiger partial charge in [0, 0.05) is 26.0 Å². The van der Waals surface area contributed by atoms with Gasteiger partial charge in [-0.05, 0) is 131 Å². The zero-order valence-electron chi connectivity index (χ0n) is 20.5. The average Bonchev–Trinajstić information content (AvgIpc) is 2.95. The van der Waals surface area contributed by atoms with Crippen molar-refractivity contribution in [3.63, 3.8) is 0 Å². The molecule has 2 bridgehead atoms. The van der Waals surface area contributed by atoms with Gasteiger partial charge < -0.3 is 4.90 Å². The SMILES string of the molecule is Brc1ccc(N(c2ccc(Br)cc2)c2cc(-c3ccc4c(c3)C3CCC4CC3)c3ccccc3c2)cc1. The van der Waals surface area contributed by atoms with Gasteiger partial charge in [-0.3, -0.25) is 0 Å². The Morgan fingerprint density at radius 3 is 1.78 bits per heavy atom. The van der Waals surface area contributed by atoms with Crippen LogP contribution in [0.3, 0.4) is 0 Å². The van der Waals surface area contributed by atoms with Crippen molar-refractivity contribution < 1.29 is 0 Å². The quantitative estimate of drug-likeness (QED) is 0.196. The van der Waals surface area contributed by atoms with E-state index in [1.165, 1.54) is 47.6 Å². The van der Waals surface area contributed by atoms with E-state index in [1.807, 2.05) is 0 Å². The summed E-state index contributed by atoms with van der Waals surface area (Å²) < 4.78 is 2.16. The molecule has 5 aromatic carbocycles. The summed E-state index contributed by atoms with van der Waals surface area (Å²) in [4.78, 5) is 2.36. The third kappa shape index (κ3) is 4.23. The van der Waals surface area contributed by atoms with Crippen molar-refractivity contribution in [2.75, 3.05) is 4.90 Å². The lowest BCUT2D eigenvalue weighted by molar-refractivity contribution is 0.359. The van der Waals surface area contributed by atoms with Gasteiger partial charge in [0.15, 0.2) is 0 Å². The number of hydrogen-bond donors (Lipinski definition) is 0. The van der Waals surface area contributed by atoms with E-state index in [1.54, 1.807) is 11.1 Å². The molecule has 0 N–H and O–H groups in total. The first-order valence-corrected chi connectivity index (χ1v) is 14.7. The fourth-order valence-electron chi connectivity index (χ4n) is 6.47. The van der Waals surface area contributed by atoms with Crippen LogP contribution < -0.4 is 4.90 Å². The zero-order valence-corrected chi connectivity index (χ0v) is 23.7. The summed E-state index contributed by atoms with van der Waals surface area (Å²) in [5.41, 5.74) is 9.28. The first-order valence-electron chi connectivity index (χ1n) is 13.1. The number of anilines is 3. The van der Waals surface area contributed by atoms with Crippen LogP contribution in [0.15, 0.2) is 112 Å². The second-order valence-electron chi connectivity index (χ2n) is 10.4. The normalized spacial score (nSPS) is 18.1. The number of hydrogen-bond acceptors (Lipinski definition) is 1. The van der Waals surface area contributed by atoms with Gasteiger partial charge in [0.05, 0.1) is 0 Å². The van der Waals surface area contributed by atoms with Crippen molar-refractivity contribution in [2.45, 2.75) is 37.5 Å². The molecule has 0 saturated heterocycles. The lowest BCUT2D eigenvalue weighted by atomic mass is 9.66. The van der Waals surface area contributed by atoms with Crippen molar-refractivity contribution in [1.82, 2.24) is 0 Å². The highest BCUT2D eigenvalue weighted by Gasteiger charge is 2.32. The highest BCUT2D eigenvalue weighted by molar-refractivity contribution is 9.10. The Hall–Kier alpha value is -2.88. The van der Waals surface area contributed by atoms with Crippen LogP contribution in [0, 0.1) is 0 Å². The van der Waals surface area contributed by atoms with Gasteiger partial charge in [0.2, 0.25) is 0 Å². The maximum absolute atomic E-state index is 3.61. The number of halogens is 2. The van der Waals surface area contributed by atoms with Crippen molar-refractivity contribution in [3.05, 3.63) is 123 Å². The molecule has 0 aromatic heterocycles. The Labute approximate surface area is 235 Å². The van der Waals surface area contributed by atoms with E-state index in [9.17, 15) is 0 Å². The number of benzene rings is 5. The van der Waals surface area contributed by atoms with E-state index in [-0.39, 0.29) is 0 Å². The van der Waals surface area contributed by atoms with Crippen molar-refractivity contribution in [2.24, 2.45) is 0 Å². The van der Waals surface area contributed by atoms with Crippen molar-refractivity contribution >= 4 is 59.7 Å². The molecule has 0 spiro atoms. The Morgan fingerprint density at radius 1 is 0.541 bits per heavy atom. The molecule has 0 aliphatic heterocycles. The van der Waals surface area contributed by atoms with Gasteiger partial charge >= 0.3 is 0 Å². The molecule has 1 saturated carbocycles. The molecule has 0 amide bonds. The Balaban J connectivity index is 1.43. The van der Waals surface area contributed by atoms with Crippen molar-refractivity contribution in [1.29, 1.82) is 0 Å². The minimum Gasteiger partial charge on any atom is -0.310 e. The standard InChI is InChI=1S/C34H27Br2N/c35-26-10-14-28(15-11-26)37(29-16-12-27(36)13-17-29)30-19-24-3-1-2-4-31(24)34(21-30)25-9-18-32-22-5-7-23(8-6-22)33(32)20-25/h1-4,9-23H,5-8H2. The van der Waals surface area contributed by atoms with E-state index in [2.05, 4.69) is 140 Å². The molecule has 3 aliphatic carbocycles. The predicted molar refractivity (Wildman–Crippen MR) is 163 cm³/mol. The third-order valence-corrected chi connectivity index (χ3v) is 9.34. The first-order chi connectivity index (χ1) is 18.1. The Morgan fingerprint density at radius 2 is 1.14 bits per heavy atom. The average molecular weight is 609 g/mol. The predicted octanol–water partition coefficient (Wildman–Crippen LogP) is 11.3. The highest BCUT2D eigenvalue weighted by Crippen LogP contribution is 2.50. The molecule has 0 heterocycles. The molecule has 0 unspecified atom stereocenters. The molecule has 3 heteroatoms. The number of fused-ring (bicyclic) bond motifs is 3. The zero-order chi connectivity index (χ0) is 24.9.